The third kappa shape index (κ3) is 17.6. The van der Waals surface area contributed by atoms with Gasteiger partial charge in [-0.2, -0.15) is 0 Å². The zero-order valence-corrected chi connectivity index (χ0v) is 14.9. The van der Waals surface area contributed by atoms with Crippen molar-refractivity contribution in [3.63, 3.8) is 0 Å². The maximum Gasteiger partial charge on any atom is 0.132 e. The minimum Gasteiger partial charge on any atom is -0.300 e. The van der Waals surface area contributed by atoms with Crippen LogP contribution < -0.4 is 0 Å². The fraction of sp³-hybridized carbons (Fsp3) is 0.950. The quantitative estimate of drug-likeness (QED) is 0.259. The first-order chi connectivity index (χ1) is 10.3. The van der Waals surface area contributed by atoms with E-state index in [4.69, 9.17) is 0 Å². The highest BCUT2D eigenvalue weighted by Gasteiger charge is 2.01. The summed E-state index contributed by atoms with van der Waals surface area (Å²) in [4.78, 5) is 11.6. The van der Waals surface area contributed by atoms with Crippen molar-refractivity contribution < 1.29 is 4.79 Å². The van der Waals surface area contributed by atoms with Crippen LogP contribution in [0.4, 0.5) is 0 Å². The van der Waals surface area contributed by atoms with Crippen LogP contribution in [0.3, 0.4) is 0 Å². The zero-order valence-electron chi connectivity index (χ0n) is 14.9. The Morgan fingerprint density at radius 2 is 0.762 bits per heavy atom. The molecule has 0 saturated carbocycles. The minimum absolute atomic E-state index is 0.496. The fourth-order valence-electron chi connectivity index (χ4n) is 2.86. The summed E-state index contributed by atoms with van der Waals surface area (Å²) in [6, 6.07) is 0. The summed E-state index contributed by atoms with van der Waals surface area (Å²) in [6.07, 6.45) is 21.6. The molecule has 0 aliphatic carbocycles. The molecule has 21 heavy (non-hydrogen) atoms. The van der Waals surface area contributed by atoms with Gasteiger partial charge in [0.2, 0.25) is 0 Å². The van der Waals surface area contributed by atoms with Gasteiger partial charge in [0.1, 0.15) is 5.78 Å². The number of Topliss-reactive ketones (excluding diaryl/α,β-unsaturated/α-hetero) is 1. The van der Waals surface area contributed by atoms with Gasteiger partial charge < -0.3 is 0 Å². The van der Waals surface area contributed by atoms with Crippen molar-refractivity contribution in [2.45, 2.75) is 123 Å². The van der Waals surface area contributed by atoms with Gasteiger partial charge in [-0.05, 0) is 12.8 Å². The van der Waals surface area contributed by atoms with Crippen LogP contribution in [-0.4, -0.2) is 5.78 Å². The molecule has 0 atom stereocenters. The first kappa shape index (κ1) is 20.7. The molecule has 0 aromatic heterocycles. The highest BCUT2D eigenvalue weighted by Crippen LogP contribution is 2.13. The number of carbonyl (C=O) groups is 1. The van der Waals surface area contributed by atoms with Gasteiger partial charge in [-0.15, -0.1) is 0 Å². The molecule has 0 aliphatic rings. The number of carbonyl (C=O) groups excluding carboxylic acids is 1. The number of rotatable bonds is 17. The van der Waals surface area contributed by atoms with Crippen LogP contribution in [0, 0.1) is 0 Å². The Morgan fingerprint density at radius 1 is 0.476 bits per heavy atom. The average Bonchev–Trinajstić information content (AvgIpc) is 2.48. The van der Waals surface area contributed by atoms with Crippen LogP contribution in [0.2, 0.25) is 0 Å². The summed E-state index contributed by atoms with van der Waals surface area (Å²) >= 11 is 0. The summed E-state index contributed by atoms with van der Waals surface area (Å²) in [6.45, 7) is 4.47. The van der Waals surface area contributed by atoms with Gasteiger partial charge in [0.15, 0.2) is 0 Å². The zero-order chi connectivity index (χ0) is 15.6. The van der Waals surface area contributed by atoms with Crippen molar-refractivity contribution in [2.24, 2.45) is 0 Å². The molecule has 0 rings (SSSR count). The molecule has 0 unspecified atom stereocenters. The second kappa shape index (κ2) is 17.7. The molecule has 0 saturated heterocycles. The standard InChI is InChI=1S/C20H40O/c1-3-5-7-8-9-10-11-12-13-14-15-17-19-20(21)18-16-6-4-2/h3-19H2,1-2H3. The first-order valence-corrected chi connectivity index (χ1v) is 9.83. The Hall–Kier alpha value is -0.330. The number of hydrogen-bond donors (Lipinski definition) is 0. The lowest BCUT2D eigenvalue weighted by Crippen LogP contribution is -1.97. The molecule has 0 heterocycles. The van der Waals surface area contributed by atoms with Gasteiger partial charge in [-0.3, -0.25) is 4.79 Å². The van der Waals surface area contributed by atoms with E-state index in [0.29, 0.717) is 5.78 Å². The van der Waals surface area contributed by atoms with Crippen LogP contribution in [0.5, 0.6) is 0 Å². The van der Waals surface area contributed by atoms with Crippen LogP contribution in [-0.2, 0) is 4.79 Å². The Labute approximate surface area is 134 Å². The molecule has 0 radical (unpaired) electrons. The van der Waals surface area contributed by atoms with E-state index in [-0.39, 0.29) is 0 Å². The summed E-state index contributed by atoms with van der Waals surface area (Å²) in [5.41, 5.74) is 0. The third-order valence-electron chi connectivity index (χ3n) is 4.37. The van der Waals surface area contributed by atoms with Crippen molar-refractivity contribution in [1.82, 2.24) is 0 Å². The molecule has 0 aromatic rings. The topological polar surface area (TPSA) is 17.1 Å². The predicted molar refractivity (Wildman–Crippen MR) is 94.8 cm³/mol. The highest BCUT2D eigenvalue weighted by molar-refractivity contribution is 5.78. The van der Waals surface area contributed by atoms with E-state index < -0.39 is 0 Å². The normalized spacial score (nSPS) is 11.0. The molecule has 1 nitrogen and oxygen atoms in total. The van der Waals surface area contributed by atoms with E-state index >= 15 is 0 Å². The molecule has 126 valence electrons. The number of ketones is 1. The van der Waals surface area contributed by atoms with E-state index in [1.54, 1.807) is 0 Å². The lowest BCUT2D eigenvalue weighted by atomic mass is 10.0. The molecular formula is C20H40O. The largest absolute Gasteiger partial charge is 0.300 e. The Bertz CT molecular complexity index is 210. The van der Waals surface area contributed by atoms with Crippen LogP contribution in [0.1, 0.15) is 123 Å². The molecule has 0 aliphatic heterocycles. The molecule has 0 N–H and O–H groups in total. The van der Waals surface area contributed by atoms with E-state index in [9.17, 15) is 4.79 Å². The highest BCUT2D eigenvalue weighted by atomic mass is 16.1. The van der Waals surface area contributed by atoms with E-state index in [1.807, 2.05) is 0 Å². The lowest BCUT2D eigenvalue weighted by Gasteiger charge is -2.03. The Balaban J connectivity index is 3.06. The van der Waals surface area contributed by atoms with Gasteiger partial charge in [0.05, 0.1) is 0 Å². The molecule has 1 heteroatoms. The van der Waals surface area contributed by atoms with E-state index in [1.165, 1.54) is 83.5 Å². The van der Waals surface area contributed by atoms with Crippen molar-refractivity contribution in [1.29, 1.82) is 0 Å². The second-order valence-electron chi connectivity index (χ2n) is 6.63. The molecule has 0 bridgehead atoms. The maximum atomic E-state index is 11.6. The van der Waals surface area contributed by atoms with Crippen molar-refractivity contribution in [3.8, 4) is 0 Å². The smallest absolute Gasteiger partial charge is 0.132 e. The molecule has 0 amide bonds. The molecule has 0 spiro atoms. The van der Waals surface area contributed by atoms with E-state index in [0.717, 1.165) is 25.7 Å². The van der Waals surface area contributed by atoms with Gasteiger partial charge in [0.25, 0.3) is 0 Å². The Kier molecular flexibility index (Phi) is 17.4. The van der Waals surface area contributed by atoms with Crippen molar-refractivity contribution >= 4 is 5.78 Å². The minimum atomic E-state index is 0.496. The first-order valence-electron chi connectivity index (χ1n) is 9.83. The summed E-state index contributed by atoms with van der Waals surface area (Å²) in [5, 5.41) is 0. The van der Waals surface area contributed by atoms with Crippen molar-refractivity contribution in [2.75, 3.05) is 0 Å². The fourth-order valence-corrected chi connectivity index (χ4v) is 2.86. The molecule has 0 aromatic carbocycles. The SMILES string of the molecule is CCCCCCCCCCCCCCC(=O)CCCCC. The monoisotopic (exact) mass is 296 g/mol. The van der Waals surface area contributed by atoms with Crippen molar-refractivity contribution in [3.05, 3.63) is 0 Å². The van der Waals surface area contributed by atoms with Gasteiger partial charge in [-0.1, -0.05) is 97.3 Å². The van der Waals surface area contributed by atoms with Gasteiger partial charge in [-0.25, -0.2) is 0 Å². The van der Waals surface area contributed by atoms with Crippen LogP contribution >= 0.6 is 0 Å². The summed E-state index contributed by atoms with van der Waals surface area (Å²) in [5.74, 6) is 0.496. The van der Waals surface area contributed by atoms with Gasteiger partial charge >= 0.3 is 0 Å². The van der Waals surface area contributed by atoms with E-state index in [2.05, 4.69) is 13.8 Å². The second-order valence-corrected chi connectivity index (χ2v) is 6.63. The van der Waals surface area contributed by atoms with Gasteiger partial charge in [0, 0.05) is 12.8 Å². The third-order valence-corrected chi connectivity index (χ3v) is 4.37. The number of hydrogen-bond acceptors (Lipinski definition) is 1. The average molecular weight is 297 g/mol. The lowest BCUT2D eigenvalue weighted by molar-refractivity contribution is -0.119. The summed E-state index contributed by atoms with van der Waals surface area (Å²) < 4.78 is 0. The number of unbranched alkanes of at least 4 members (excludes halogenated alkanes) is 13. The maximum absolute atomic E-state index is 11.6. The molecular weight excluding hydrogens is 256 g/mol. The van der Waals surface area contributed by atoms with Crippen LogP contribution in [0.15, 0.2) is 0 Å². The molecule has 0 fully saturated rings. The summed E-state index contributed by atoms with van der Waals surface area (Å²) in [7, 11) is 0. The van der Waals surface area contributed by atoms with Crippen LogP contribution in [0.25, 0.3) is 0 Å². The predicted octanol–water partition coefficient (Wildman–Crippen LogP) is 7.23. The Morgan fingerprint density at radius 3 is 1.19 bits per heavy atom.